The van der Waals surface area contributed by atoms with Gasteiger partial charge < -0.3 is 19.9 Å². The van der Waals surface area contributed by atoms with Crippen LogP contribution in [0.25, 0.3) is 0 Å². The second kappa shape index (κ2) is 7.27. The minimum Gasteiger partial charge on any atom is -0.465 e. The summed E-state index contributed by atoms with van der Waals surface area (Å²) in [4.78, 5) is 24.9. The van der Waals surface area contributed by atoms with Gasteiger partial charge >= 0.3 is 5.97 Å². The molecule has 1 saturated heterocycles. The van der Waals surface area contributed by atoms with Gasteiger partial charge in [-0.25, -0.2) is 9.78 Å². The lowest BCUT2D eigenvalue weighted by Gasteiger charge is -2.32. The monoisotopic (exact) mass is 327 g/mol. The highest BCUT2D eigenvalue weighted by atomic mass is 16.5. The average Bonchev–Trinajstić information content (AvgIpc) is 2.62. The molecule has 0 bridgehead atoms. The standard InChI is InChI=1S/C17H21N5O2/c1-21-9-11-22(12-10-21)17-18-8-7-15(20-17)19-14-5-3-13(4-6-14)16(23)24-2/h3-8H,9-12H2,1-2H3,(H,18,19,20). The lowest BCUT2D eigenvalue weighted by molar-refractivity contribution is 0.0601. The van der Waals surface area contributed by atoms with E-state index >= 15 is 0 Å². The first-order chi connectivity index (χ1) is 11.7. The predicted molar refractivity (Wildman–Crippen MR) is 92.8 cm³/mol. The first-order valence-corrected chi connectivity index (χ1v) is 7.87. The van der Waals surface area contributed by atoms with Crippen molar-refractivity contribution in [2.24, 2.45) is 0 Å². The van der Waals surface area contributed by atoms with Crippen LogP contribution in [0.2, 0.25) is 0 Å². The van der Waals surface area contributed by atoms with Gasteiger partial charge in [-0.05, 0) is 37.4 Å². The van der Waals surface area contributed by atoms with Crippen molar-refractivity contribution >= 4 is 23.4 Å². The molecule has 0 saturated carbocycles. The Hall–Kier alpha value is -2.67. The number of ether oxygens (including phenoxy) is 1. The number of nitrogens with one attached hydrogen (secondary N) is 1. The molecule has 0 unspecified atom stereocenters. The number of hydrogen-bond donors (Lipinski definition) is 1. The molecule has 126 valence electrons. The van der Waals surface area contributed by atoms with Gasteiger partial charge in [-0.3, -0.25) is 0 Å². The molecule has 1 N–H and O–H groups in total. The van der Waals surface area contributed by atoms with Crippen LogP contribution in [0.1, 0.15) is 10.4 Å². The van der Waals surface area contributed by atoms with Crippen LogP contribution in [0.15, 0.2) is 36.5 Å². The highest BCUT2D eigenvalue weighted by molar-refractivity contribution is 5.89. The fourth-order valence-electron chi connectivity index (χ4n) is 2.53. The topological polar surface area (TPSA) is 70.6 Å². The number of likely N-dealkylation sites (N-methyl/N-ethyl adjacent to an activating group) is 1. The van der Waals surface area contributed by atoms with Crippen LogP contribution >= 0.6 is 0 Å². The molecule has 0 atom stereocenters. The number of nitrogens with zero attached hydrogens (tertiary/aromatic N) is 4. The maximum atomic E-state index is 11.5. The van der Waals surface area contributed by atoms with E-state index in [-0.39, 0.29) is 5.97 Å². The van der Waals surface area contributed by atoms with Gasteiger partial charge in [-0.2, -0.15) is 4.98 Å². The Morgan fingerprint density at radius 1 is 1.12 bits per heavy atom. The first-order valence-electron chi connectivity index (χ1n) is 7.87. The number of rotatable bonds is 4. The van der Waals surface area contributed by atoms with Gasteiger partial charge in [0, 0.05) is 38.1 Å². The molecule has 1 fully saturated rings. The number of carbonyl (C=O) groups is 1. The molecule has 7 nitrogen and oxygen atoms in total. The molecule has 1 aliphatic heterocycles. The van der Waals surface area contributed by atoms with Gasteiger partial charge in [0.25, 0.3) is 0 Å². The quantitative estimate of drug-likeness (QED) is 0.858. The van der Waals surface area contributed by atoms with Gasteiger partial charge in [0.05, 0.1) is 12.7 Å². The second-order valence-electron chi connectivity index (χ2n) is 5.73. The van der Waals surface area contributed by atoms with Gasteiger partial charge in [0.2, 0.25) is 5.95 Å². The van der Waals surface area contributed by atoms with Crippen LogP contribution in [0, 0.1) is 0 Å². The van der Waals surface area contributed by atoms with Gasteiger partial charge in [0.1, 0.15) is 5.82 Å². The van der Waals surface area contributed by atoms with E-state index in [1.165, 1.54) is 7.11 Å². The van der Waals surface area contributed by atoms with Crippen molar-refractivity contribution in [2.45, 2.75) is 0 Å². The van der Waals surface area contributed by atoms with Crippen LogP contribution in [-0.2, 0) is 4.74 Å². The van der Waals surface area contributed by atoms with Crippen molar-refractivity contribution in [1.29, 1.82) is 0 Å². The van der Waals surface area contributed by atoms with Crippen LogP contribution in [0.4, 0.5) is 17.5 Å². The molecule has 0 spiro atoms. The van der Waals surface area contributed by atoms with E-state index < -0.39 is 0 Å². The Morgan fingerprint density at radius 3 is 2.50 bits per heavy atom. The Morgan fingerprint density at radius 2 is 1.83 bits per heavy atom. The summed E-state index contributed by atoms with van der Waals surface area (Å²) < 4.78 is 4.70. The summed E-state index contributed by atoms with van der Waals surface area (Å²) >= 11 is 0. The van der Waals surface area contributed by atoms with Crippen LogP contribution in [-0.4, -0.2) is 61.2 Å². The first kappa shape index (κ1) is 16.2. The largest absolute Gasteiger partial charge is 0.465 e. The van der Waals surface area contributed by atoms with Crippen LogP contribution in [0.3, 0.4) is 0 Å². The zero-order valence-electron chi connectivity index (χ0n) is 13.9. The van der Waals surface area contributed by atoms with E-state index in [2.05, 4.69) is 32.1 Å². The van der Waals surface area contributed by atoms with Gasteiger partial charge in [0.15, 0.2) is 0 Å². The molecular formula is C17H21N5O2. The van der Waals surface area contributed by atoms with Crippen LogP contribution in [0.5, 0.6) is 0 Å². The minimum absolute atomic E-state index is 0.346. The van der Waals surface area contributed by atoms with Crippen molar-refractivity contribution in [1.82, 2.24) is 14.9 Å². The van der Waals surface area contributed by atoms with E-state index in [9.17, 15) is 4.79 Å². The number of anilines is 3. The molecule has 0 radical (unpaired) electrons. The molecule has 1 aromatic heterocycles. The van der Waals surface area contributed by atoms with E-state index in [0.29, 0.717) is 5.56 Å². The zero-order chi connectivity index (χ0) is 16.9. The maximum absolute atomic E-state index is 11.5. The normalized spacial score (nSPS) is 15.2. The molecule has 3 rings (SSSR count). The Labute approximate surface area is 141 Å². The third-order valence-corrected chi connectivity index (χ3v) is 4.01. The number of carbonyl (C=O) groups excluding carboxylic acids is 1. The third kappa shape index (κ3) is 3.80. The number of aromatic nitrogens is 2. The zero-order valence-corrected chi connectivity index (χ0v) is 13.9. The molecule has 2 aromatic rings. The van der Waals surface area contributed by atoms with Crippen molar-refractivity contribution in [2.75, 3.05) is 50.6 Å². The summed E-state index contributed by atoms with van der Waals surface area (Å²) in [7, 11) is 3.49. The van der Waals surface area contributed by atoms with E-state index in [0.717, 1.165) is 43.6 Å². The van der Waals surface area contributed by atoms with E-state index in [1.807, 2.05) is 18.2 Å². The molecule has 1 aliphatic rings. The number of methoxy groups -OCH3 is 1. The number of benzene rings is 1. The summed E-state index contributed by atoms with van der Waals surface area (Å²) in [6, 6.07) is 8.91. The Bertz CT molecular complexity index is 696. The van der Waals surface area contributed by atoms with Gasteiger partial charge in [-0.1, -0.05) is 0 Å². The predicted octanol–water partition coefficient (Wildman–Crippen LogP) is 1.76. The lowest BCUT2D eigenvalue weighted by atomic mass is 10.2. The fraction of sp³-hybridized carbons (Fsp3) is 0.353. The Balaban J connectivity index is 1.69. The smallest absolute Gasteiger partial charge is 0.337 e. The summed E-state index contributed by atoms with van der Waals surface area (Å²) in [5, 5.41) is 3.24. The third-order valence-electron chi connectivity index (χ3n) is 4.01. The molecule has 0 amide bonds. The maximum Gasteiger partial charge on any atom is 0.337 e. The van der Waals surface area contributed by atoms with Crippen molar-refractivity contribution in [3.05, 3.63) is 42.1 Å². The lowest BCUT2D eigenvalue weighted by Crippen LogP contribution is -2.45. The van der Waals surface area contributed by atoms with Crippen molar-refractivity contribution in [3.8, 4) is 0 Å². The van der Waals surface area contributed by atoms with Gasteiger partial charge in [-0.15, -0.1) is 0 Å². The number of piperazine rings is 1. The molecule has 7 heteroatoms. The van der Waals surface area contributed by atoms with E-state index in [4.69, 9.17) is 4.74 Å². The Kier molecular flexibility index (Phi) is 4.90. The molecule has 1 aromatic carbocycles. The summed E-state index contributed by atoms with van der Waals surface area (Å²) in [6.07, 6.45) is 1.76. The molecular weight excluding hydrogens is 306 g/mol. The molecule has 2 heterocycles. The highest BCUT2D eigenvalue weighted by Crippen LogP contribution is 2.18. The summed E-state index contributed by atoms with van der Waals surface area (Å²) in [5.41, 5.74) is 1.37. The molecule has 0 aliphatic carbocycles. The SMILES string of the molecule is COC(=O)c1ccc(Nc2ccnc(N3CCN(C)CC3)n2)cc1. The van der Waals surface area contributed by atoms with Crippen molar-refractivity contribution < 1.29 is 9.53 Å². The minimum atomic E-state index is -0.346. The summed E-state index contributed by atoms with van der Waals surface area (Å²) in [6.45, 7) is 3.87. The molecule has 24 heavy (non-hydrogen) atoms. The fourth-order valence-corrected chi connectivity index (χ4v) is 2.53. The number of esters is 1. The van der Waals surface area contributed by atoms with E-state index in [1.54, 1.807) is 18.3 Å². The summed E-state index contributed by atoms with van der Waals surface area (Å²) in [5.74, 6) is 1.12. The number of hydrogen-bond acceptors (Lipinski definition) is 7. The van der Waals surface area contributed by atoms with Crippen molar-refractivity contribution in [3.63, 3.8) is 0 Å². The second-order valence-corrected chi connectivity index (χ2v) is 5.73. The average molecular weight is 327 g/mol. The van der Waals surface area contributed by atoms with Crippen LogP contribution < -0.4 is 10.2 Å². The highest BCUT2D eigenvalue weighted by Gasteiger charge is 2.16.